The van der Waals surface area contributed by atoms with Gasteiger partial charge in [-0.15, -0.1) is 6.42 Å². The highest BCUT2D eigenvalue weighted by Gasteiger charge is 2.18. The fourth-order valence-corrected chi connectivity index (χ4v) is 1.47. The second-order valence-corrected chi connectivity index (χ2v) is 3.51. The number of ether oxygens (including phenoxy) is 1. The van der Waals surface area contributed by atoms with E-state index in [1.54, 1.807) is 0 Å². The summed E-state index contributed by atoms with van der Waals surface area (Å²) in [6.45, 7) is 3.19. The van der Waals surface area contributed by atoms with Gasteiger partial charge in [-0.3, -0.25) is 18.7 Å². The summed E-state index contributed by atoms with van der Waals surface area (Å²) < 4.78 is 6.90. The lowest BCUT2D eigenvalue weighted by molar-refractivity contribution is -0.111. The molecule has 0 spiro atoms. The van der Waals surface area contributed by atoms with Gasteiger partial charge >= 0.3 is 5.69 Å². The Morgan fingerprint density at radius 2 is 2.21 bits per heavy atom. The molecule has 1 aromatic heterocycles. The van der Waals surface area contributed by atoms with E-state index >= 15 is 0 Å². The Kier molecular flexibility index (Phi) is 4.32. The highest BCUT2D eigenvalue weighted by atomic mass is 16.5. The number of hydrogen-bond donors (Lipinski definition) is 1. The Morgan fingerprint density at radius 1 is 1.58 bits per heavy atom. The fourth-order valence-electron chi connectivity index (χ4n) is 1.47. The second kappa shape index (κ2) is 5.73. The second-order valence-electron chi connectivity index (χ2n) is 3.51. The summed E-state index contributed by atoms with van der Waals surface area (Å²) in [6, 6.07) is 0. The molecule has 1 aromatic rings. The summed E-state index contributed by atoms with van der Waals surface area (Å²) in [7, 11) is 2.55. The Morgan fingerprint density at radius 3 is 2.68 bits per heavy atom. The molecule has 1 heterocycles. The van der Waals surface area contributed by atoms with E-state index in [9.17, 15) is 14.4 Å². The molecule has 1 amide bonds. The minimum absolute atomic E-state index is 0.0902. The summed E-state index contributed by atoms with van der Waals surface area (Å²) in [4.78, 5) is 35.1. The number of amides is 1. The molecule has 1 rings (SSSR count). The van der Waals surface area contributed by atoms with Gasteiger partial charge in [0.1, 0.15) is 0 Å². The number of nitrogens with zero attached hydrogens (tertiary/aromatic N) is 2. The number of anilines is 1. The lowest BCUT2D eigenvalue weighted by atomic mass is 10.4. The third kappa shape index (κ3) is 2.57. The zero-order valence-corrected chi connectivity index (χ0v) is 10.6. The van der Waals surface area contributed by atoms with Crippen LogP contribution in [0.4, 0.5) is 5.69 Å². The first-order valence-corrected chi connectivity index (χ1v) is 5.22. The number of carbonyl (C=O) groups is 1. The van der Waals surface area contributed by atoms with E-state index in [2.05, 4.69) is 17.8 Å². The highest BCUT2D eigenvalue weighted by molar-refractivity contribution is 5.99. The molecule has 7 nitrogen and oxygen atoms in total. The van der Waals surface area contributed by atoms with Crippen molar-refractivity contribution in [2.75, 3.05) is 12.4 Å². The Bertz CT molecular complexity index is 676. The maximum Gasteiger partial charge on any atom is 0.334 e. The number of methoxy groups -OCH3 is 1. The smallest absolute Gasteiger partial charge is 0.334 e. The molecule has 7 heteroatoms. The summed E-state index contributed by atoms with van der Waals surface area (Å²) in [5, 5.41) is 2.30. The van der Waals surface area contributed by atoms with Gasteiger partial charge in [0.05, 0.1) is 13.7 Å². The molecule has 0 aliphatic heterocycles. The number of nitrogens with one attached hydrogen (secondary N) is 1. The van der Waals surface area contributed by atoms with Gasteiger partial charge in [0, 0.05) is 7.05 Å². The molecular formula is C12H13N3O4. The van der Waals surface area contributed by atoms with E-state index in [0.717, 1.165) is 15.2 Å². The van der Waals surface area contributed by atoms with Crippen molar-refractivity contribution >= 4 is 11.6 Å². The van der Waals surface area contributed by atoms with Crippen molar-refractivity contribution in [3.8, 4) is 18.2 Å². The molecule has 0 saturated heterocycles. The molecule has 100 valence electrons. The third-order valence-corrected chi connectivity index (χ3v) is 2.37. The SMILES string of the molecule is C#CCn1c(OC)c(NC(=O)C=C)c(=O)n(C)c1=O. The zero-order chi connectivity index (χ0) is 14.6. The Hall–Kier alpha value is -2.75. The van der Waals surface area contributed by atoms with Crippen LogP contribution in [-0.2, 0) is 18.4 Å². The van der Waals surface area contributed by atoms with Crippen molar-refractivity contribution in [1.82, 2.24) is 9.13 Å². The van der Waals surface area contributed by atoms with E-state index in [-0.39, 0.29) is 18.1 Å². The molecule has 1 N–H and O–H groups in total. The number of rotatable bonds is 4. The number of hydrogen-bond acceptors (Lipinski definition) is 4. The molecule has 0 saturated carbocycles. The van der Waals surface area contributed by atoms with E-state index in [1.165, 1.54) is 14.2 Å². The third-order valence-electron chi connectivity index (χ3n) is 2.37. The van der Waals surface area contributed by atoms with Crippen LogP contribution in [-0.4, -0.2) is 22.2 Å². The van der Waals surface area contributed by atoms with Crippen LogP contribution in [0.5, 0.6) is 5.88 Å². The predicted octanol–water partition coefficient (Wildman–Crippen LogP) is -0.687. The van der Waals surface area contributed by atoms with Crippen LogP contribution in [0.3, 0.4) is 0 Å². The molecular weight excluding hydrogens is 250 g/mol. The predicted molar refractivity (Wildman–Crippen MR) is 70.2 cm³/mol. The van der Waals surface area contributed by atoms with Crippen LogP contribution in [0.25, 0.3) is 0 Å². The van der Waals surface area contributed by atoms with Gasteiger partial charge in [0.25, 0.3) is 5.56 Å². The first-order valence-electron chi connectivity index (χ1n) is 5.22. The lowest BCUT2D eigenvalue weighted by Gasteiger charge is -2.14. The lowest BCUT2D eigenvalue weighted by Crippen LogP contribution is -2.40. The van der Waals surface area contributed by atoms with E-state index in [0.29, 0.717) is 0 Å². The van der Waals surface area contributed by atoms with Crippen molar-refractivity contribution in [2.45, 2.75) is 6.54 Å². The minimum Gasteiger partial charge on any atom is -0.480 e. The van der Waals surface area contributed by atoms with Gasteiger partial charge in [-0.05, 0) is 6.08 Å². The molecule has 0 aliphatic carbocycles. The van der Waals surface area contributed by atoms with E-state index in [4.69, 9.17) is 11.2 Å². The van der Waals surface area contributed by atoms with Crippen molar-refractivity contribution in [3.63, 3.8) is 0 Å². The van der Waals surface area contributed by atoms with Crippen molar-refractivity contribution in [3.05, 3.63) is 33.5 Å². The average molecular weight is 263 g/mol. The van der Waals surface area contributed by atoms with Crippen LogP contribution in [0.15, 0.2) is 22.2 Å². The van der Waals surface area contributed by atoms with Crippen LogP contribution in [0, 0.1) is 12.3 Å². The van der Waals surface area contributed by atoms with Crippen LogP contribution in [0.2, 0.25) is 0 Å². The molecule has 0 radical (unpaired) electrons. The average Bonchev–Trinajstić information content (AvgIpc) is 2.41. The summed E-state index contributed by atoms with van der Waals surface area (Å²) in [5.74, 6) is 1.58. The zero-order valence-electron chi connectivity index (χ0n) is 10.6. The normalized spacial score (nSPS) is 9.53. The molecule has 0 bridgehead atoms. The van der Waals surface area contributed by atoms with Gasteiger partial charge in [-0.2, -0.15) is 0 Å². The summed E-state index contributed by atoms with van der Waals surface area (Å²) in [5.41, 5.74) is -1.48. The van der Waals surface area contributed by atoms with Crippen molar-refractivity contribution < 1.29 is 9.53 Å². The maximum atomic E-state index is 11.9. The number of terminal acetylenes is 1. The molecule has 0 unspecified atom stereocenters. The molecule has 0 atom stereocenters. The summed E-state index contributed by atoms with van der Waals surface area (Å²) in [6.07, 6.45) is 6.16. The standard InChI is InChI=1S/C12H13N3O4/c1-5-7-15-11(19-4)9(13-8(16)6-2)10(17)14(3)12(15)18/h1,6H,2,7H2,3-4H3,(H,13,16). The Labute approximate surface area is 109 Å². The van der Waals surface area contributed by atoms with Crippen LogP contribution < -0.4 is 21.3 Å². The van der Waals surface area contributed by atoms with Gasteiger partial charge in [0.2, 0.25) is 11.8 Å². The molecule has 0 fully saturated rings. The molecule has 0 aromatic carbocycles. The maximum absolute atomic E-state index is 11.9. The number of aromatic nitrogens is 2. The number of carbonyl (C=O) groups excluding carboxylic acids is 1. The first-order chi connectivity index (χ1) is 8.97. The largest absolute Gasteiger partial charge is 0.480 e. The van der Waals surface area contributed by atoms with Crippen LogP contribution >= 0.6 is 0 Å². The van der Waals surface area contributed by atoms with Crippen molar-refractivity contribution in [2.24, 2.45) is 7.05 Å². The summed E-state index contributed by atoms with van der Waals surface area (Å²) >= 11 is 0. The monoisotopic (exact) mass is 263 g/mol. The molecule has 19 heavy (non-hydrogen) atoms. The van der Waals surface area contributed by atoms with Crippen molar-refractivity contribution in [1.29, 1.82) is 0 Å². The van der Waals surface area contributed by atoms with Gasteiger partial charge in [-0.25, -0.2) is 4.79 Å². The first kappa shape index (κ1) is 14.3. The van der Waals surface area contributed by atoms with Gasteiger partial charge < -0.3 is 10.1 Å². The van der Waals surface area contributed by atoms with E-state index in [1.807, 2.05) is 0 Å². The van der Waals surface area contributed by atoms with E-state index < -0.39 is 17.2 Å². The Balaban J connectivity index is 3.66. The fraction of sp³-hybridized carbons (Fsp3) is 0.250. The van der Waals surface area contributed by atoms with Gasteiger partial charge in [-0.1, -0.05) is 12.5 Å². The topological polar surface area (TPSA) is 82.3 Å². The minimum atomic E-state index is -0.690. The van der Waals surface area contributed by atoms with Gasteiger partial charge in [0.15, 0.2) is 5.69 Å². The molecule has 0 aliphatic rings. The quantitative estimate of drug-likeness (QED) is 0.576. The van der Waals surface area contributed by atoms with Crippen LogP contribution in [0.1, 0.15) is 0 Å². The highest BCUT2D eigenvalue weighted by Crippen LogP contribution is 2.17.